The molecule has 0 aromatic carbocycles. The lowest BCUT2D eigenvalue weighted by atomic mass is 10.1. The normalized spacial score (nSPS) is 14.7. The van der Waals surface area contributed by atoms with Crippen molar-refractivity contribution < 1.29 is 22.7 Å². The van der Waals surface area contributed by atoms with E-state index in [0.717, 1.165) is 6.26 Å². The van der Waals surface area contributed by atoms with Gasteiger partial charge >= 0.3 is 5.97 Å². The lowest BCUT2D eigenvalue weighted by molar-refractivity contribution is -0.158. The number of rotatable bonds is 4. The van der Waals surface area contributed by atoms with Gasteiger partial charge in [0.25, 0.3) is 0 Å². The van der Waals surface area contributed by atoms with Crippen LogP contribution >= 0.6 is 0 Å². The SMILES string of the molecule is C[C@H](NC(=O)C(C)(C)S(C)(=O)=O)C(=O)OC(C)(C)C. The predicted molar refractivity (Wildman–Crippen MR) is 72.4 cm³/mol. The molecular weight excluding hydrogens is 270 g/mol. The molecule has 0 heterocycles. The number of carbonyl (C=O) groups excluding carboxylic acids is 2. The quantitative estimate of drug-likeness (QED) is 0.769. The van der Waals surface area contributed by atoms with E-state index in [-0.39, 0.29) is 0 Å². The molecule has 0 rings (SSSR count). The van der Waals surface area contributed by atoms with Gasteiger partial charge in [-0.25, -0.2) is 13.2 Å². The topological polar surface area (TPSA) is 89.5 Å². The van der Waals surface area contributed by atoms with Gasteiger partial charge in [-0.05, 0) is 41.5 Å². The summed E-state index contributed by atoms with van der Waals surface area (Å²) in [6.45, 7) is 9.16. The molecule has 0 saturated carbocycles. The summed E-state index contributed by atoms with van der Waals surface area (Å²) in [4.78, 5) is 23.6. The number of hydrogen-bond donors (Lipinski definition) is 1. The molecule has 0 aliphatic heterocycles. The van der Waals surface area contributed by atoms with Crippen molar-refractivity contribution in [2.45, 2.75) is 57.9 Å². The Morgan fingerprint density at radius 2 is 1.53 bits per heavy atom. The number of nitrogens with one attached hydrogen (secondary N) is 1. The van der Waals surface area contributed by atoms with E-state index in [9.17, 15) is 18.0 Å². The minimum atomic E-state index is -3.57. The first-order chi connectivity index (χ1) is 8.18. The maximum atomic E-state index is 11.9. The van der Waals surface area contributed by atoms with Crippen molar-refractivity contribution in [3.63, 3.8) is 0 Å². The molecule has 0 aromatic heterocycles. The molecule has 0 aliphatic carbocycles. The first-order valence-corrected chi connectivity index (χ1v) is 7.81. The van der Waals surface area contributed by atoms with Gasteiger partial charge in [-0.15, -0.1) is 0 Å². The molecular formula is C12H23NO5S. The fraction of sp³-hybridized carbons (Fsp3) is 0.833. The Labute approximate surface area is 114 Å². The first-order valence-electron chi connectivity index (χ1n) is 5.92. The van der Waals surface area contributed by atoms with Crippen molar-refractivity contribution in [2.75, 3.05) is 6.26 Å². The molecule has 0 aromatic rings. The Bertz CT molecular complexity index is 459. The van der Waals surface area contributed by atoms with Gasteiger partial charge in [0.2, 0.25) is 5.91 Å². The molecule has 6 nitrogen and oxygen atoms in total. The Morgan fingerprint density at radius 3 is 1.84 bits per heavy atom. The van der Waals surface area contributed by atoms with Crippen LogP contribution in [-0.4, -0.2) is 42.9 Å². The summed E-state index contributed by atoms with van der Waals surface area (Å²) in [6.07, 6.45) is 0.977. The van der Waals surface area contributed by atoms with Gasteiger partial charge in [-0.1, -0.05) is 0 Å². The van der Waals surface area contributed by atoms with Gasteiger partial charge < -0.3 is 10.1 Å². The highest BCUT2D eigenvalue weighted by atomic mass is 32.2. The zero-order chi connectivity index (χ0) is 15.6. The largest absolute Gasteiger partial charge is 0.458 e. The first kappa shape index (κ1) is 17.9. The molecule has 112 valence electrons. The van der Waals surface area contributed by atoms with Crippen LogP contribution in [0.15, 0.2) is 0 Å². The maximum Gasteiger partial charge on any atom is 0.328 e. The van der Waals surface area contributed by atoms with Gasteiger partial charge in [-0.3, -0.25) is 4.79 Å². The Hall–Kier alpha value is -1.11. The third-order valence-corrected chi connectivity index (χ3v) is 4.62. The fourth-order valence-electron chi connectivity index (χ4n) is 0.988. The van der Waals surface area contributed by atoms with E-state index in [1.807, 2.05) is 0 Å². The van der Waals surface area contributed by atoms with Crippen LogP contribution in [0.25, 0.3) is 0 Å². The predicted octanol–water partition coefficient (Wildman–Crippen LogP) is 0.656. The highest BCUT2D eigenvalue weighted by Gasteiger charge is 2.39. The van der Waals surface area contributed by atoms with E-state index in [1.54, 1.807) is 20.8 Å². The van der Waals surface area contributed by atoms with Crippen molar-refractivity contribution in [1.82, 2.24) is 5.32 Å². The lowest BCUT2D eigenvalue weighted by Crippen LogP contribution is -2.52. The number of hydrogen-bond acceptors (Lipinski definition) is 5. The molecule has 0 bridgehead atoms. The number of carbonyl (C=O) groups is 2. The zero-order valence-corrected chi connectivity index (χ0v) is 13.3. The van der Waals surface area contributed by atoms with Gasteiger partial charge in [0.05, 0.1) is 0 Å². The van der Waals surface area contributed by atoms with Crippen molar-refractivity contribution in [1.29, 1.82) is 0 Å². The Kier molecular flexibility index (Phi) is 5.16. The van der Waals surface area contributed by atoms with Crippen LogP contribution < -0.4 is 5.32 Å². The summed E-state index contributed by atoms with van der Waals surface area (Å²) in [5.74, 6) is -1.33. The smallest absolute Gasteiger partial charge is 0.328 e. The summed E-state index contributed by atoms with van der Waals surface area (Å²) < 4.78 is 26.5. The average molecular weight is 293 g/mol. The van der Waals surface area contributed by atoms with Crippen molar-refractivity contribution in [3.05, 3.63) is 0 Å². The Balaban J connectivity index is 4.81. The highest BCUT2D eigenvalue weighted by molar-refractivity contribution is 7.92. The molecule has 0 radical (unpaired) electrons. The van der Waals surface area contributed by atoms with Crippen LogP contribution in [0.1, 0.15) is 41.5 Å². The molecule has 0 saturated heterocycles. The number of esters is 1. The van der Waals surface area contributed by atoms with Crippen molar-refractivity contribution in [3.8, 4) is 0 Å². The number of ether oxygens (including phenoxy) is 1. The lowest BCUT2D eigenvalue weighted by Gasteiger charge is -2.26. The second-order valence-corrected chi connectivity index (χ2v) is 8.58. The molecule has 0 unspecified atom stereocenters. The molecule has 0 aliphatic rings. The van der Waals surface area contributed by atoms with Gasteiger partial charge in [-0.2, -0.15) is 0 Å². The van der Waals surface area contributed by atoms with Crippen LogP contribution in [0.4, 0.5) is 0 Å². The monoisotopic (exact) mass is 293 g/mol. The average Bonchev–Trinajstić information content (AvgIpc) is 2.12. The van der Waals surface area contributed by atoms with E-state index in [0.29, 0.717) is 0 Å². The van der Waals surface area contributed by atoms with E-state index in [4.69, 9.17) is 4.74 Å². The van der Waals surface area contributed by atoms with Gasteiger partial charge in [0.1, 0.15) is 16.4 Å². The molecule has 7 heteroatoms. The highest BCUT2D eigenvalue weighted by Crippen LogP contribution is 2.16. The Morgan fingerprint density at radius 1 is 1.11 bits per heavy atom. The van der Waals surface area contributed by atoms with Crippen LogP contribution in [-0.2, 0) is 24.2 Å². The molecule has 1 N–H and O–H groups in total. The van der Waals surface area contributed by atoms with Crippen LogP contribution in [0.2, 0.25) is 0 Å². The zero-order valence-electron chi connectivity index (χ0n) is 12.5. The fourth-order valence-corrected chi connectivity index (χ4v) is 1.38. The summed E-state index contributed by atoms with van der Waals surface area (Å²) >= 11 is 0. The van der Waals surface area contributed by atoms with Gasteiger partial charge in [0, 0.05) is 6.26 Å². The summed E-state index contributed by atoms with van der Waals surface area (Å²) in [5, 5.41) is 2.36. The summed E-state index contributed by atoms with van der Waals surface area (Å²) in [7, 11) is -3.57. The van der Waals surface area contributed by atoms with E-state index >= 15 is 0 Å². The minimum Gasteiger partial charge on any atom is -0.458 e. The van der Waals surface area contributed by atoms with Gasteiger partial charge in [0.15, 0.2) is 9.84 Å². The molecule has 1 amide bonds. The standard InChI is InChI=1S/C12H23NO5S/c1-8(9(14)18-11(2,3)4)13-10(15)12(5,6)19(7,16)17/h8H,1-7H3,(H,13,15)/t8-/m0/s1. The van der Waals surface area contributed by atoms with Crippen LogP contribution in [0, 0.1) is 0 Å². The van der Waals surface area contributed by atoms with Crippen LogP contribution in [0.5, 0.6) is 0 Å². The van der Waals surface area contributed by atoms with E-state index in [1.165, 1.54) is 20.8 Å². The third kappa shape index (κ3) is 5.18. The summed E-state index contributed by atoms with van der Waals surface area (Å²) in [5.41, 5.74) is -0.664. The van der Waals surface area contributed by atoms with E-state index < -0.39 is 38.1 Å². The van der Waals surface area contributed by atoms with E-state index in [2.05, 4.69) is 5.32 Å². The molecule has 1 atom stereocenters. The summed E-state index contributed by atoms with van der Waals surface area (Å²) in [6, 6.07) is -0.909. The second-order valence-electron chi connectivity index (χ2n) is 6.01. The van der Waals surface area contributed by atoms with Crippen LogP contribution in [0.3, 0.4) is 0 Å². The molecule has 0 fully saturated rings. The van der Waals surface area contributed by atoms with Crippen molar-refractivity contribution in [2.24, 2.45) is 0 Å². The molecule has 19 heavy (non-hydrogen) atoms. The number of amides is 1. The second kappa shape index (κ2) is 5.48. The van der Waals surface area contributed by atoms with Crippen molar-refractivity contribution >= 4 is 21.7 Å². The minimum absolute atomic E-state index is 0.606. The molecule has 0 spiro atoms. The number of sulfone groups is 1. The third-order valence-electron chi connectivity index (χ3n) is 2.58. The maximum absolute atomic E-state index is 11.9.